The average molecular weight is 299 g/mol. The molecule has 4 heteroatoms. The second-order valence-electron chi connectivity index (χ2n) is 5.45. The molecule has 0 bridgehead atoms. The molecule has 114 valence electrons. The second-order valence-corrected chi connectivity index (χ2v) is 5.45. The van der Waals surface area contributed by atoms with Gasteiger partial charge in [-0.1, -0.05) is 30.3 Å². The quantitative estimate of drug-likeness (QED) is 0.870. The number of amides is 1. The number of likely N-dealkylation sites (tertiary alicyclic amines) is 1. The van der Waals surface area contributed by atoms with E-state index in [0.29, 0.717) is 18.7 Å². The van der Waals surface area contributed by atoms with Gasteiger partial charge in [-0.2, -0.15) is 0 Å². The summed E-state index contributed by atoms with van der Waals surface area (Å²) in [5.74, 6) is -0.283. The van der Waals surface area contributed by atoms with Crippen LogP contribution in [0.25, 0.3) is 11.1 Å². The van der Waals surface area contributed by atoms with E-state index in [1.54, 1.807) is 19.2 Å². The van der Waals surface area contributed by atoms with Gasteiger partial charge in [0.1, 0.15) is 5.82 Å². The number of benzene rings is 2. The van der Waals surface area contributed by atoms with Crippen LogP contribution in [0.2, 0.25) is 0 Å². The summed E-state index contributed by atoms with van der Waals surface area (Å²) in [5, 5.41) is 0. The third-order valence-corrected chi connectivity index (χ3v) is 4.08. The number of ether oxygens (including phenoxy) is 1. The maximum absolute atomic E-state index is 13.1. The van der Waals surface area contributed by atoms with E-state index in [4.69, 9.17) is 4.74 Å². The van der Waals surface area contributed by atoms with Crippen molar-refractivity contribution < 1.29 is 13.9 Å². The third-order valence-electron chi connectivity index (χ3n) is 4.08. The van der Waals surface area contributed by atoms with Crippen molar-refractivity contribution in [3.8, 4) is 11.1 Å². The van der Waals surface area contributed by atoms with E-state index in [9.17, 15) is 9.18 Å². The van der Waals surface area contributed by atoms with Crippen molar-refractivity contribution in [3.05, 3.63) is 59.9 Å². The predicted molar refractivity (Wildman–Crippen MR) is 83.2 cm³/mol. The van der Waals surface area contributed by atoms with Crippen LogP contribution in [-0.4, -0.2) is 37.1 Å². The summed E-state index contributed by atoms with van der Waals surface area (Å²) in [6.45, 7) is 1.32. The number of methoxy groups -OCH3 is 1. The van der Waals surface area contributed by atoms with E-state index in [0.717, 1.165) is 17.5 Å². The molecule has 3 rings (SSSR count). The first kappa shape index (κ1) is 14.7. The molecule has 0 aliphatic carbocycles. The largest absolute Gasteiger partial charge is 0.380 e. The lowest BCUT2D eigenvalue weighted by Gasteiger charge is -2.18. The van der Waals surface area contributed by atoms with Crippen LogP contribution < -0.4 is 0 Å². The molecule has 1 heterocycles. The molecule has 0 unspecified atom stereocenters. The fraction of sp³-hybridized carbons (Fsp3) is 0.278. The molecule has 0 saturated carbocycles. The van der Waals surface area contributed by atoms with Crippen molar-refractivity contribution >= 4 is 5.91 Å². The van der Waals surface area contributed by atoms with Gasteiger partial charge in [-0.05, 0) is 35.7 Å². The number of hydrogen-bond donors (Lipinski definition) is 0. The lowest BCUT2D eigenvalue weighted by molar-refractivity contribution is 0.0725. The molecule has 1 fully saturated rings. The van der Waals surface area contributed by atoms with Gasteiger partial charge in [0, 0.05) is 25.8 Å². The molecule has 0 aromatic heterocycles. The Morgan fingerprint density at radius 1 is 1.18 bits per heavy atom. The molecular weight excluding hydrogens is 281 g/mol. The zero-order valence-electron chi connectivity index (χ0n) is 12.5. The molecule has 0 spiro atoms. The van der Waals surface area contributed by atoms with Crippen LogP contribution in [0.4, 0.5) is 4.39 Å². The molecule has 22 heavy (non-hydrogen) atoms. The van der Waals surface area contributed by atoms with Gasteiger partial charge in [-0.25, -0.2) is 4.39 Å². The van der Waals surface area contributed by atoms with Crippen LogP contribution in [0, 0.1) is 5.82 Å². The highest BCUT2D eigenvalue weighted by Crippen LogP contribution is 2.26. The molecule has 1 atom stereocenters. The molecule has 3 nitrogen and oxygen atoms in total. The molecule has 0 radical (unpaired) electrons. The van der Waals surface area contributed by atoms with E-state index in [2.05, 4.69) is 0 Å². The second kappa shape index (κ2) is 6.28. The van der Waals surface area contributed by atoms with Crippen molar-refractivity contribution in [2.24, 2.45) is 0 Å². The highest BCUT2D eigenvalue weighted by atomic mass is 19.1. The Bertz CT molecular complexity index is 669. The Balaban J connectivity index is 1.91. The zero-order chi connectivity index (χ0) is 15.5. The number of hydrogen-bond acceptors (Lipinski definition) is 2. The molecule has 1 aliphatic heterocycles. The van der Waals surface area contributed by atoms with E-state index >= 15 is 0 Å². The number of halogens is 1. The molecule has 0 N–H and O–H groups in total. The fourth-order valence-electron chi connectivity index (χ4n) is 2.83. The standard InChI is InChI=1S/C18H18FNO2/c1-22-15-10-11-20(12-15)18(21)17-5-3-2-4-16(17)13-6-8-14(19)9-7-13/h2-9,15H,10-12H2,1H3/t15-/m0/s1. The fourth-order valence-corrected chi connectivity index (χ4v) is 2.83. The van der Waals surface area contributed by atoms with Crippen molar-refractivity contribution in [2.75, 3.05) is 20.2 Å². The zero-order valence-corrected chi connectivity index (χ0v) is 12.5. The van der Waals surface area contributed by atoms with Crippen molar-refractivity contribution in [2.45, 2.75) is 12.5 Å². The molecule has 1 saturated heterocycles. The Morgan fingerprint density at radius 3 is 2.59 bits per heavy atom. The maximum atomic E-state index is 13.1. The molecule has 1 amide bonds. The monoisotopic (exact) mass is 299 g/mol. The topological polar surface area (TPSA) is 29.5 Å². The van der Waals surface area contributed by atoms with Gasteiger partial charge in [-0.15, -0.1) is 0 Å². The number of rotatable bonds is 3. The van der Waals surface area contributed by atoms with Crippen molar-refractivity contribution in [3.63, 3.8) is 0 Å². The van der Waals surface area contributed by atoms with Gasteiger partial charge in [-0.3, -0.25) is 4.79 Å². The van der Waals surface area contributed by atoms with Crippen LogP contribution in [0.1, 0.15) is 16.8 Å². The van der Waals surface area contributed by atoms with Gasteiger partial charge < -0.3 is 9.64 Å². The summed E-state index contributed by atoms with van der Waals surface area (Å²) in [6, 6.07) is 13.7. The minimum absolute atomic E-state index is 0.000486. The van der Waals surface area contributed by atoms with Gasteiger partial charge in [0.15, 0.2) is 0 Å². The summed E-state index contributed by atoms with van der Waals surface area (Å²) < 4.78 is 18.4. The lowest BCUT2D eigenvalue weighted by atomic mass is 9.99. The molecule has 2 aromatic carbocycles. The van der Waals surface area contributed by atoms with Crippen LogP contribution in [0.5, 0.6) is 0 Å². The minimum atomic E-state index is -0.282. The summed E-state index contributed by atoms with van der Waals surface area (Å²) >= 11 is 0. The normalized spacial score (nSPS) is 17.7. The summed E-state index contributed by atoms with van der Waals surface area (Å²) in [5.41, 5.74) is 2.31. The van der Waals surface area contributed by atoms with Gasteiger partial charge in [0.25, 0.3) is 5.91 Å². The third kappa shape index (κ3) is 2.88. The van der Waals surface area contributed by atoms with E-state index < -0.39 is 0 Å². The van der Waals surface area contributed by atoms with Crippen LogP contribution in [-0.2, 0) is 4.74 Å². The van der Waals surface area contributed by atoms with E-state index in [-0.39, 0.29) is 17.8 Å². The highest BCUT2D eigenvalue weighted by Gasteiger charge is 2.27. The molecule has 1 aliphatic rings. The number of nitrogens with zero attached hydrogens (tertiary/aromatic N) is 1. The Hall–Kier alpha value is -2.20. The maximum Gasteiger partial charge on any atom is 0.254 e. The summed E-state index contributed by atoms with van der Waals surface area (Å²) in [6.07, 6.45) is 0.975. The number of carbonyl (C=O) groups excluding carboxylic acids is 1. The van der Waals surface area contributed by atoms with E-state index in [1.165, 1.54) is 12.1 Å². The SMILES string of the molecule is CO[C@H]1CCN(C(=O)c2ccccc2-c2ccc(F)cc2)C1. The molecule has 2 aromatic rings. The van der Waals surface area contributed by atoms with Crippen LogP contribution >= 0.6 is 0 Å². The first-order chi connectivity index (χ1) is 10.7. The predicted octanol–water partition coefficient (Wildman–Crippen LogP) is 3.35. The van der Waals surface area contributed by atoms with Crippen molar-refractivity contribution in [1.82, 2.24) is 4.90 Å². The van der Waals surface area contributed by atoms with Gasteiger partial charge >= 0.3 is 0 Å². The first-order valence-electron chi connectivity index (χ1n) is 7.36. The molecular formula is C18H18FNO2. The van der Waals surface area contributed by atoms with E-state index in [1.807, 2.05) is 29.2 Å². The van der Waals surface area contributed by atoms with Gasteiger partial charge in [0.05, 0.1) is 6.10 Å². The smallest absolute Gasteiger partial charge is 0.254 e. The van der Waals surface area contributed by atoms with Crippen molar-refractivity contribution in [1.29, 1.82) is 0 Å². The Labute approximate surface area is 129 Å². The van der Waals surface area contributed by atoms with Gasteiger partial charge in [0.2, 0.25) is 0 Å². The van der Waals surface area contributed by atoms with Crippen LogP contribution in [0.3, 0.4) is 0 Å². The first-order valence-corrected chi connectivity index (χ1v) is 7.36. The lowest BCUT2D eigenvalue weighted by Crippen LogP contribution is -2.30. The number of carbonyl (C=O) groups is 1. The average Bonchev–Trinajstić information content (AvgIpc) is 3.04. The highest BCUT2D eigenvalue weighted by molar-refractivity contribution is 6.01. The Kier molecular flexibility index (Phi) is 4.20. The minimum Gasteiger partial charge on any atom is -0.380 e. The summed E-state index contributed by atoms with van der Waals surface area (Å²) in [7, 11) is 1.67. The van der Waals surface area contributed by atoms with Crippen LogP contribution in [0.15, 0.2) is 48.5 Å². The Morgan fingerprint density at radius 2 is 1.91 bits per heavy atom. The summed E-state index contributed by atoms with van der Waals surface area (Å²) in [4.78, 5) is 14.6.